The molecule has 0 aliphatic carbocycles. The van der Waals surface area contributed by atoms with E-state index in [4.69, 9.17) is 0 Å². The fourth-order valence-corrected chi connectivity index (χ4v) is 0.351. The third-order valence-corrected chi connectivity index (χ3v) is 0.615. The molecule has 0 fully saturated rings. The molecule has 0 N–H and O–H groups in total. The molecule has 0 aromatic rings. The maximum absolute atomic E-state index is 10.0. The first-order valence-corrected chi connectivity index (χ1v) is 1.95. The van der Waals surface area contributed by atoms with Gasteiger partial charge in [0, 0.05) is 32.7 Å². The molecule has 41 valence electrons. The summed E-state index contributed by atoms with van der Waals surface area (Å²) < 4.78 is 4.44. The van der Waals surface area contributed by atoms with Crippen molar-refractivity contribution in [2.24, 2.45) is 4.99 Å². The minimum absolute atomic E-state index is 0. The molecule has 0 spiro atoms. The van der Waals surface area contributed by atoms with Crippen molar-refractivity contribution < 1.29 is 42.2 Å². The van der Waals surface area contributed by atoms with Crippen LogP contribution in [0.25, 0.3) is 0 Å². The van der Waals surface area contributed by atoms with Gasteiger partial charge in [-0.1, -0.05) is 0 Å². The molecule has 3 nitrogen and oxygen atoms in total. The minimum Gasteiger partial charge on any atom is -0.467 e. The Hall–Kier alpha value is 0.244. The van der Waals surface area contributed by atoms with Crippen LogP contribution in [0.1, 0.15) is 6.92 Å². The van der Waals surface area contributed by atoms with Crippen molar-refractivity contribution in [3.63, 3.8) is 0 Å². The summed E-state index contributed by atoms with van der Waals surface area (Å²) in [6, 6.07) is 0. The molecule has 1 atom stereocenters. The van der Waals surface area contributed by atoms with E-state index in [1.165, 1.54) is 0 Å². The van der Waals surface area contributed by atoms with Gasteiger partial charge in [0.25, 0.3) is 0 Å². The molecule has 0 saturated heterocycles. The van der Waals surface area contributed by atoms with Gasteiger partial charge in [-0.15, -0.1) is 0 Å². The number of rotatable bonds is 0. The van der Waals surface area contributed by atoms with Crippen LogP contribution in [0.4, 0.5) is 0 Å². The number of carbonyl (C=O) groups excluding carboxylic acids is 1. The molecule has 1 unspecified atom stereocenters. The van der Waals surface area contributed by atoms with Crippen LogP contribution in [0, 0.1) is 0 Å². The first-order chi connectivity index (χ1) is 3.29. The van der Waals surface area contributed by atoms with Gasteiger partial charge in [-0.05, 0) is 6.92 Å². The van der Waals surface area contributed by atoms with Crippen molar-refractivity contribution in [3.05, 3.63) is 0 Å². The fourth-order valence-electron chi connectivity index (χ4n) is 0.351. The Morgan fingerprint density at radius 1 is 1.88 bits per heavy atom. The SMILES string of the molecule is CC1N=[C-]C(=O)O1.[Y]. The van der Waals surface area contributed by atoms with Crippen LogP contribution in [-0.2, 0) is 42.2 Å². The summed E-state index contributed by atoms with van der Waals surface area (Å²) in [5.74, 6) is -0.465. The van der Waals surface area contributed by atoms with Gasteiger partial charge in [-0.25, -0.2) is 0 Å². The van der Waals surface area contributed by atoms with Gasteiger partial charge in [-0.3, -0.25) is 11.0 Å². The van der Waals surface area contributed by atoms with Gasteiger partial charge < -0.3 is 9.73 Å². The van der Waals surface area contributed by atoms with E-state index in [0.29, 0.717) is 0 Å². The second-order valence-corrected chi connectivity index (χ2v) is 1.25. The van der Waals surface area contributed by atoms with E-state index in [9.17, 15) is 4.79 Å². The van der Waals surface area contributed by atoms with Crippen LogP contribution >= 0.6 is 0 Å². The smallest absolute Gasteiger partial charge is 0.166 e. The first kappa shape index (κ1) is 8.24. The Kier molecular flexibility index (Phi) is 3.41. The van der Waals surface area contributed by atoms with Crippen molar-refractivity contribution in [2.45, 2.75) is 13.2 Å². The molecule has 0 saturated carbocycles. The molecule has 1 aliphatic heterocycles. The van der Waals surface area contributed by atoms with Gasteiger partial charge in [0.05, 0.1) is 0 Å². The summed E-state index contributed by atoms with van der Waals surface area (Å²) >= 11 is 0. The van der Waals surface area contributed by atoms with Gasteiger partial charge in [0.15, 0.2) is 12.2 Å². The molecule has 0 aromatic carbocycles. The molecule has 8 heavy (non-hydrogen) atoms. The van der Waals surface area contributed by atoms with E-state index in [1.807, 2.05) is 0 Å². The fraction of sp³-hybridized carbons (Fsp3) is 0.500. The maximum Gasteiger partial charge on any atom is 0.166 e. The summed E-state index contributed by atoms with van der Waals surface area (Å²) in [6.45, 7) is 1.68. The summed E-state index contributed by atoms with van der Waals surface area (Å²) in [5.41, 5.74) is 0. The number of cyclic esters (lactones) is 1. The topological polar surface area (TPSA) is 38.7 Å². The predicted molar refractivity (Wildman–Crippen MR) is 23.0 cm³/mol. The molecule has 0 bridgehead atoms. The van der Waals surface area contributed by atoms with E-state index < -0.39 is 5.97 Å². The van der Waals surface area contributed by atoms with Gasteiger partial charge in [0.1, 0.15) is 0 Å². The van der Waals surface area contributed by atoms with E-state index in [-0.39, 0.29) is 38.9 Å². The van der Waals surface area contributed by atoms with Crippen LogP contribution in [0.5, 0.6) is 0 Å². The van der Waals surface area contributed by atoms with Crippen LogP contribution in [0.2, 0.25) is 0 Å². The number of aliphatic imine (C=N–C) groups is 1. The van der Waals surface area contributed by atoms with Gasteiger partial charge in [0.2, 0.25) is 0 Å². The van der Waals surface area contributed by atoms with Crippen LogP contribution in [-0.4, -0.2) is 18.4 Å². The zero-order chi connectivity index (χ0) is 5.28. The summed E-state index contributed by atoms with van der Waals surface area (Å²) in [5, 5.41) is 0. The maximum atomic E-state index is 10.0. The Morgan fingerprint density at radius 3 is 2.62 bits per heavy atom. The average molecular weight is 187 g/mol. The molecule has 1 aliphatic rings. The van der Waals surface area contributed by atoms with Gasteiger partial charge in [-0.2, -0.15) is 0 Å². The first-order valence-electron chi connectivity index (χ1n) is 1.95. The van der Waals surface area contributed by atoms with E-state index in [2.05, 4.69) is 15.9 Å². The second-order valence-electron chi connectivity index (χ2n) is 1.25. The predicted octanol–water partition coefficient (Wildman–Crippen LogP) is -0.165. The molecule has 0 aromatic heterocycles. The number of hydrogen-bond donors (Lipinski definition) is 0. The molecular formula is C4H4NO2Y-. The van der Waals surface area contributed by atoms with Crippen molar-refractivity contribution >= 4 is 12.2 Å². The Bertz CT molecular complexity index is 123. The largest absolute Gasteiger partial charge is 0.467 e. The number of ether oxygens (including phenoxy) is 1. The molecule has 4 heteroatoms. The zero-order valence-corrected chi connectivity index (χ0v) is 7.26. The molecule has 1 heterocycles. The average Bonchev–Trinajstić information content (AvgIpc) is 1.87. The Labute approximate surface area is 72.4 Å². The minimum atomic E-state index is -0.465. The number of hydrogen-bond acceptors (Lipinski definition) is 3. The van der Waals surface area contributed by atoms with E-state index in [1.54, 1.807) is 6.92 Å². The third kappa shape index (κ3) is 2.01. The number of nitrogens with zero attached hydrogens (tertiary/aromatic N) is 1. The van der Waals surface area contributed by atoms with Crippen molar-refractivity contribution in [1.29, 1.82) is 0 Å². The number of carbonyl (C=O) groups is 1. The molecule has 0 amide bonds. The van der Waals surface area contributed by atoms with Crippen LogP contribution in [0.15, 0.2) is 4.99 Å². The molecule has 1 radical (unpaired) electrons. The molecular weight excluding hydrogens is 183 g/mol. The summed E-state index contributed by atoms with van der Waals surface area (Å²) in [4.78, 5) is 13.5. The Balaban J connectivity index is 0.000000490. The van der Waals surface area contributed by atoms with Crippen molar-refractivity contribution in [3.8, 4) is 0 Å². The summed E-state index contributed by atoms with van der Waals surface area (Å²) in [7, 11) is 0. The second kappa shape index (κ2) is 3.31. The molecule has 1 rings (SSSR count). The Morgan fingerprint density at radius 2 is 2.50 bits per heavy atom. The quantitative estimate of drug-likeness (QED) is 0.390. The standard InChI is InChI=1S/C4H4NO2.Y/c1-3-5-2-4(6)7-3;/h3H,1H3;/q-1;. The van der Waals surface area contributed by atoms with Crippen molar-refractivity contribution in [1.82, 2.24) is 0 Å². The number of esters is 1. The monoisotopic (exact) mass is 187 g/mol. The van der Waals surface area contributed by atoms with E-state index >= 15 is 0 Å². The van der Waals surface area contributed by atoms with Crippen LogP contribution < -0.4 is 0 Å². The normalized spacial score (nSPS) is 24.6. The van der Waals surface area contributed by atoms with E-state index in [0.717, 1.165) is 0 Å². The zero-order valence-electron chi connectivity index (χ0n) is 4.42. The van der Waals surface area contributed by atoms with Gasteiger partial charge >= 0.3 is 0 Å². The van der Waals surface area contributed by atoms with Crippen LogP contribution in [0.3, 0.4) is 0 Å². The third-order valence-electron chi connectivity index (χ3n) is 0.615. The van der Waals surface area contributed by atoms with Crippen molar-refractivity contribution in [2.75, 3.05) is 0 Å². The summed E-state index contributed by atoms with van der Waals surface area (Å²) in [6.07, 6.45) is 1.82.